The monoisotopic (exact) mass is 377 g/mol. The normalized spacial score (nSPS) is 11.7. The molecule has 1 atom stereocenters. The van der Waals surface area contributed by atoms with Crippen molar-refractivity contribution >= 4 is 17.9 Å². The number of nitrogens with one attached hydrogen (secondary N) is 2. The lowest BCUT2D eigenvalue weighted by atomic mass is 10.0. The van der Waals surface area contributed by atoms with Crippen LogP contribution in [0.15, 0.2) is 30.3 Å². The van der Waals surface area contributed by atoms with Gasteiger partial charge in [-0.05, 0) is 30.7 Å². The molecular formula is C20H31N3O4. The van der Waals surface area contributed by atoms with E-state index in [1.165, 1.54) is 0 Å². The number of ether oxygens (including phenoxy) is 1. The van der Waals surface area contributed by atoms with Gasteiger partial charge in [-0.2, -0.15) is 0 Å². The molecule has 0 aliphatic heterocycles. The molecule has 1 aromatic carbocycles. The highest BCUT2D eigenvalue weighted by Gasteiger charge is 2.18. The van der Waals surface area contributed by atoms with E-state index >= 15 is 0 Å². The average molecular weight is 377 g/mol. The summed E-state index contributed by atoms with van der Waals surface area (Å²) in [5.74, 6) is -0.402. The number of rotatable bonds is 12. The van der Waals surface area contributed by atoms with Crippen molar-refractivity contribution in [3.8, 4) is 0 Å². The third kappa shape index (κ3) is 10.9. The molecule has 0 saturated heterocycles. The number of carbonyl (C=O) groups excluding carboxylic acids is 3. The van der Waals surface area contributed by atoms with Gasteiger partial charge in [0, 0.05) is 13.0 Å². The van der Waals surface area contributed by atoms with Gasteiger partial charge >= 0.3 is 6.09 Å². The van der Waals surface area contributed by atoms with Gasteiger partial charge in [0.05, 0.1) is 0 Å². The third-order valence-corrected chi connectivity index (χ3v) is 3.95. The molecule has 1 rings (SSSR count). The first-order valence-electron chi connectivity index (χ1n) is 9.41. The highest BCUT2D eigenvalue weighted by molar-refractivity contribution is 5.86. The van der Waals surface area contributed by atoms with E-state index in [0.717, 1.165) is 18.4 Å². The van der Waals surface area contributed by atoms with Crippen molar-refractivity contribution in [2.75, 3.05) is 6.54 Å². The standard InChI is InChI=1S/C20H31N3O4/c1-15(2)13-17(19(21)25)23-18(24)11-7-4-8-12-22-20(26)27-14-16-9-5-3-6-10-16/h3,5-6,9-10,15,17H,4,7-8,11-14H2,1-2H3,(H2,21,25)(H,22,26)(H,23,24)/t17-/m0/s1. The van der Waals surface area contributed by atoms with E-state index in [9.17, 15) is 14.4 Å². The highest BCUT2D eigenvalue weighted by Crippen LogP contribution is 2.06. The number of hydrogen-bond donors (Lipinski definition) is 3. The van der Waals surface area contributed by atoms with Crippen molar-refractivity contribution < 1.29 is 19.1 Å². The van der Waals surface area contributed by atoms with E-state index in [0.29, 0.717) is 25.8 Å². The predicted octanol–water partition coefficient (Wildman–Crippen LogP) is 2.49. The first-order chi connectivity index (χ1) is 12.9. The zero-order valence-electron chi connectivity index (χ0n) is 16.2. The van der Waals surface area contributed by atoms with Crippen LogP contribution in [0, 0.1) is 5.92 Å². The van der Waals surface area contributed by atoms with Gasteiger partial charge in [-0.3, -0.25) is 9.59 Å². The lowest BCUT2D eigenvalue weighted by Crippen LogP contribution is -2.45. The van der Waals surface area contributed by atoms with Crippen molar-refractivity contribution in [2.24, 2.45) is 11.7 Å². The Labute approximate surface area is 161 Å². The number of amides is 3. The van der Waals surface area contributed by atoms with Crippen LogP contribution >= 0.6 is 0 Å². The maximum atomic E-state index is 11.9. The molecule has 150 valence electrons. The van der Waals surface area contributed by atoms with E-state index in [4.69, 9.17) is 10.5 Å². The van der Waals surface area contributed by atoms with Crippen molar-refractivity contribution in [2.45, 2.75) is 58.6 Å². The molecule has 0 radical (unpaired) electrons. The molecule has 0 aliphatic carbocycles. The zero-order chi connectivity index (χ0) is 20.1. The predicted molar refractivity (Wildman–Crippen MR) is 104 cm³/mol. The average Bonchev–Trinajstić information content (AvgIpc) is 2.62. The minimum absolute atomic E-state index is 0.172. The Balaban J connectivity index is 2.08. The molecule has 0 unspecified atom stereocenters. The molecule has 0 spiro atoms. The molecule has 0 aliphatic rings. The number of nitrogens with two attached hydrogens (primary N) is 1. The van der Waals surface area contributed by atoms with E-state index in [1.807, 2.05) is 44.2 Å². The van der Waals surface area contributed by atoms with Gasteiger partial charge in [-0.15, -0.1) is 0 Å². The lowest BCUT2D eigenvalue weighted by Gasteiger charge is -2.17. The van der Waals surface area contributed by atoms with Crippen LogP contribution in [-0.2, 0) is 20.9 Å². The van der Waals surface area contributed by atoms with Crippen LogP contribution < -0.4 is 16.4 Å². The largest absolute Gasteiger partial charge is 0.445 e. The second kappa shape index (κ2) is 12.7. The summed E-state index contributed by atoms with van der Waals surface area (Å²) in [7, 11) is 0. The number of benzene rings is 1. The van der Waals surface area contributed by atoms with Crippen molar-refractivity contribution in [3.63, 3.8) is 0 Å². The lowest BCUT2D eigenvalue weighted by molar-refractivity contribution is -0.127. The molecule has 4 N–H and O–H groups in total. The summed E-state index contributed by atoms with van der Waals surface area (Å²) >= 11 is 0. The molecule has 1 aromatic rings. The van der Waals surface area contributed by atoms with Crippen LogP contribution in [0.3, 0.4) is 0 Å². The van der Waals surface area contributed by atoms with E-state index in [2.05, 4.69) is 10.6 Å². The van der Waals surface area contributed by atoms with Crippen LogP contribution in [0.4, 0.5) is 4.79 Å². The minimum Gasteiger partial charge on any atom is -0.445 e. The fourth-order valence-electron chi connectivity index (χ4n) is 2.54. The number of hydrogen-bond acceptors (Lipinski definition) is 4. The number of primary amides is 1. The first kappa shape index (κ1) is 22.5. The maximum absolute atomic E-state index is 11.9. The van der Waals surface area contributed by atoms with Gasteiger partial charge in [-0.25, -0.2) is 4.79 Å². The minimum atomic E-state index is -0.612. The van der Waals surface area contributed by atoms with Crippen LogP contribution in [0.25, 0.3) is 0 Å². The number of carbonyl (C=O) groups is 3. The SMILES string of the molecule is CC(C)C[C@H](NC(=O)CCCCCNC(=O)OCc1ccccc1)C(N)=O. The Bertz CT molecular complexity index is 590. The summed E-state index contributed by atoms with van der Waals surface area (Å²) in [6, 6.07) is 8.86. The molecule has 0 fully saturated rings. The van der Waals surface area contributed by atoms with Gasteiger partial charge < -0.3 is 21.1 Å². The Kier molecular flexibility index (Phi) is 10.6. The van der Waals surface area contributed by atoms with E-state index < -0.39 is 18.0 Å². The molecular weight excluding hydrogens is 346 g/mol. The van der Waals surface area contributed by atoms with Gasteiger partial charge in [0.25, 0.3) is 0 Å². The Hall–Kier alpha value is -2.57. The van der Waals surface area contributed by atoms with Gasteiger partial charge in [0.15, 0.2) is 0 Å². The molecule has 0 heterocycles. The molecule has 3 amide bonds. The molecule has 7 heteroatoms. The molecule has 27 heavy (non-hydrogen) atoms. The topological polar surface area (TPSA) is 111 Å². The van der Waals surface area contributed by atoms with Gasteiger partial charge in [0.1, 0.15) is 12.6 Å². The summed E-state index contributed by atoms with van der Waals surface area (Å²) < 4.78 is 5.11. The Morgan fingerprint density at radius 3 is 2.41 bits per heavy atom. The second-order valence-electron chi connectivity index (χ2n) is 6.95. The van der Waals surface area contributed by atoms with Crippen LogP contribution in [-0.4, -0.2) is 30.5 Å². The zero-order valence-corrected chi connectivity index (χ0v) is 16.2. The Morgan fingerprint density at radius 1 is 1.07 bits per heavy atom. The van der Waals surface area contributed by atoms with E-state index in [1.54, 1.807) is 0 Å². The van der Waals surface area contributed by atoms with Crippen LogP contribution in [0.1, 0.15) is 51.5 Å². The number of unbranched alkanes of at least 4 members (excludes halogenated alkanes) is 2. The molecule has 7 nitrogen and oxygen atoms in total. The van der Waals surface area contributed by atoms with Gasteiger partial charge in [-0.1, -0.05) is 50.6 Å². The fraction of sp³-hybridized carbons (Fsp3) is 0.550. The first-order valence-corrected chi connectivity index (χ1v) is 9.41. The fourth-order valence-corrected chi connectivity index (χ4v) is 2.54. The van der Waals surface area contributed by atoms with Crippen molar-refractivity contribution in [1.82, 2.24) is 10.6 Å². The maximum Gasteiger partial charge on any atom is 0.407 e. The van der Waals surface area contributed by atoms with Gasteiger partial charge in [0.2, 0.25) is 11.8 Å². The van der Waals surface area contributed by atoms with Crippen molar-refractivity contribution in [1.29, 1.82) is 0 Å². The number of alkyl carbamates (subject to hydrolysis) is 1. The van der Waals surface area contributed by atoms with E-state index in [-0.39, 0.29) is 18.4 Å². The summed E-state index contributed by atoms with van der Waals surface area (Å²) in [6.07, 6.45) is 2.64. The summed E-state index contributed by atoms with van der Waals surface area (Å²) in [6.45, 7) is 4.68. The Morgan fingerprint density at radius 2 is 1.78 bits per heavy atom. The van der Waals surface area contributed by atoms with Crippen LogP contribution in [0.5, 0.6) is 0 Å². The summed E-state index contributed by atoms with van der Waals surface area (Å²) in [4.78, 5) is 34.8. The second-order valence-corrected chi connectivity index (χ2v) is 6.95. The quantitative estimate of drug-likeness (QED) is 0.486. The molecule has 0 bridgehead atoms. The molecule has 0 saturated carbocycles. The van der Waals surface area contributed by atoms with Crippen molar-refractivity contribution in [3.05, 3.63) is 35.9 Å². The smallest absolute Gasteiger partial charge is 0.407 e. The summed E-state index contributed by atoms with van der Waals surface area (Å²) in [5, 5.41) is 5.37. The highest BCUT2D eigenvalue weighted by atomic mass is 16.5. The molecule has 0 aromatic heterocycles. The third-order valence-electron chi connectivity index (χ3n) is 3.95. The summed E-state index contributed by atoms with van der Waals surface area (Å²) in [5.41, 5.74) is 6.25. The van der Waals surface area contributed by atoms with Crippen LogP contribution in [0.2, 0.25) is 0 Å².